The largest absolute Gasteiger partial charge is 0.374 e. The Hall–Kier alpha value is -0.160. The third kappa shape index (κ3) is 3.30. The van der Waals surface area contributed by atoms with Crippen molar-refractivity contribution in [3.63, 3.8) is 0 Å². The summed E-state index contributed by atoms with van der Waals surface area (Å²) in [6, 6.07) is 1.51. The van der Waals surface area contributed by atoms with Crippen molar-refractivity contribution in [1.29, 1.82) is 0 Å². The number of hydrogen-bond donors (Lipinski definition) is 1. The number of piperidine rings is 1. The number of nitrogens with one attached hydrogen (secondary N) is 1. The predicted molar refractivity (Wildman–Crippen MR) is 77.5 cm³/mol. The Morgan fingerprint density at radius 3 is 3.00 bits per heavy atom. The summed E-state index contributed by atoms with van der Waals surface area (Å²) in [5, 5.41) is 3.80. The van der Waals surface area contributed by atoms with Gasteiger partial charge in [-0.1, -0.05) is 13.3 Å². The van der Waals surface area contributed by atoms with Crippen LogP contribution >= 0.6 is 0 Å². The van der Waals surface area contributed by atoms with Gasteiger partial charge in [0.15, 0.2) is 0 Å². The number of morpholine rings is 1. The maximum Gasteiger partial charge on any atom is 0.0826 e. The second-order valence-corrected chi connectivity index (χ2v) is 6.29. The summed E-state index contributed by atoms with van der Waals surface area (Å²) in [7, 11) is 0. The minimum Gasteiger partial charge on any atom is -0.374 e. The molecule has 0 aromatic heterocycles. The Morgan fingerprint density at radius 2 is 2.11 bits per heavy atom. The lowest BCUT2D eigenvalue weighted by Gasteiger charge is -2.35. The molecule has 3 unspecified atom stereocenters. The lowest BCUT2D eigenvalue weighted by atomic mass is 9.99. The number of ether oxygens (including phenoxy) is 1. The van der Waals surface area contributed by atoms with E-state index in [0.717, 1.165) is 38.8 Å². The molecule has 0 spiro atoms. The van der Waals surface area contributed by atoms with Crippen LogP contribution in [0.25, 0.3) is 0 Å². The molecule has 0 radical (unpaired) electrons. The van der Waals surface area contributed by atoms with Crippen LogP contribution in [0.4, 0.5) is 0 Å². The van der Waals surface area contributed by atoms with Gasteiger partial charge in [-0.25, -0.2) is 0 Å². The fraction of sp³-hybridized carbons (Fsp3) is 1.00. The summed E-state index contributed by atoms with van der Waals surface area (Å²) < 4.78 is 5.89. The van der Waals surface area contributed by atoms with Gasteiger partial charge in [-0.3, -0.25) is 9.80 Å². The minimum absolute atomic E-state index is 0.395. The third-order valence-electron chi connectivity index (χ3n) is 5.13. The van der Waals surface area contributed by atoms with Crippen molar-refractivity contribution in [3.05, 3.63) is 0 Å². The molecule has 0 aromatic rings. The van der Waals surface area contributed by atoms with Gasteiger partial charge in [0.25, 0.3) is 0 Å². The van der Waals surface area contributed by atoms with Crippen molar-refractivity contribution in [2.75, 3.05) is 45.9 Å². The lowest BCUT2D eigenvalue weighted by Crippen LogP contribution is -2.51. The van der Waals surface area contributed by atoms with E-state index in [4.69, 9.17) is 4.74 Å². The normalized spacial score (nSPS) is 37.4. The first-order chi connectivity index (χ1) is 9.36. The van der Waals surface area contributed by atoms with Gasteiger partial charge in [-0.2, -0.15) is 0 Å². The Bertz CT molecular complexity index is 287. The molecule has 0 saturated carbocycles. The molecule has 3 saturated heterocycles. The highest BCUT2D eigenvalue weighted by atomic mass is 16.5. The van der Waals surface area contributed by atoms with Crippen molar-refractivity contribution in [1.82, 2.24) is 15.1 Å². The molecule has 0 bridgehead atoms. The van der Waals surface area contributed by atoms with Crippen LogP contribution in [0.5, 0.6) is 0 Å². The molecule has 3 aliphatic rings. The number of likely N-dealkylation sites (N-methyl/N-ethyl adjacent to an activating group) is 1. The number of fused-ring (bicyclic) bond motifs is 1. The molecule has 110 valence electrons. The van der Waals surface area contributed by atoms with Gasteiger partial charge >= 0.3 is 0 Å². The second kappa shape index (κ2) is 6.53. The lowest BCUT2D eigenvalue weighted by molar-refractivity contribution is -0.0269. The molecule has 3 heterocycles. The topological polar surface area (TPSA) is 27.7 Å². The van der Waals surface area contributed by atoms with Crippen LogP contribution < -0.4 is 5.32 Å². The molecule has 0 amide bonds. The van der Waals surface area contributed by atoms with Crippen molar-refractivity contribution in [3.8, 4) is 0 Å². The SMILES string of the molecule is CCN1CCOC(CNC2CCN3CCCCC23)C1. The van der Waals surface area contributed by atoms with E-state index >= 15 is 0 Å². The highest BCUT2D eigenvalue weighted by molar-refractivity contribution is 4.94. The highest BCUT2D eigenvalue weighted by Crippen LogP contribution is 2.27. The molecule has 19 heavy (non-hydrogen) atoms. The first kappa shape index (κ1) is 13.8. The molecule has 4 heteroatoms. The van der Waals surface area contributed by atoms with Crippen molar-refractivity contribution in [2.45, 2.75) is 50.8 Å². The van der Waals surface area contributed by atoms with Gasteiger partial charge in [0.1, 0.15) is 0 Å². The standard InChI is InChI=1S/C15H29N3O/c1-2-17-9-10-19-13(12-17)11-16-14-6-8-18-7-4-3-5-15(14)18/h13-16H,2-12H2,1H3. The highest BCUT2D eigenvalue weighted by Gasteiger charge is 2.35. The van der Waals surface area contributed by atoms with Crippen molar-refractivity contribution < 1.29 is 4.74 Å². The maximum absolute atomic E-state index is 5.89. The van der Waals surface area contributed by atoms with E-state index in [1.54, 1.807) is 0 Å². The van der Waals surface area contributed by atoms with Gasteiger partial charge in [0, 0.05) is 38.3 Å². The van der Waals surface area contributed by atoms with E-state index in [9.17, 15) is 0 Å². The van der Waals surface area contributed by atoms with Gasteiger partial charge < -0.3 is 10.1 Å². The summed E-state index contributed by atoms with van der Waals surface area (Å²) in [6.07, 6.45) is 5.94. The Balaban J connectivity index is 1.44. The summed E-state index contributed by atoms with van der Waals surface area (Å²) in [4.78, 5) is 5.19. The van der Waals surface area contributed by atoms with E-state index in [0.29, 0.717) is 12.1 Å². The Kier molecular flexibility index (Phi) is 4.74. The molecule has 0 aromatic carbocycles. The van der Waals surface area contributed by atoms with Crippen molar-refractivity contribution >= 4 is 0 Å². The van der Waals surface area contributed by atoms with Crippen LogP contribution in [-0.2, 0) is 4.74 Å². The van der Waals surface area contributed by atoms with Crippen LogP contribution in [0.2, 0.25) is 0 Å². The summed E-state index contributed by atoms with van der Waals surface area (Å²) in [5.74, 6) is 0. The molecule has 3 aliphatic heterocycles. The third-order valence-corrected chi connectivity index (χ3v) is 5.13. The van der Waals surface area contributed by atoms with E-state index in [1.807, 2.05) is 0 Å². The fourth-order valence-electron chi connectivity index (χ4n) is 3.96. The number of hydrogen-bond acceptors (Lipinski definition) is 4. The maximum atomic E-state index is 5.89. The zero-order valence-electron chi connectivity index (χ0n) is 12.3. The first-order valence-corrected chi connectivity index (χ1v) is 8.18. The molecule has 3 fully saturated rings. The average Bonchev–Trinajstić information content (AvgIpc) is 2.89. The zero-order chi connectivity index (χ0) is 13.1. The average molecular weight is 267 g/mol. The quantitative estimate of drug-likeness (QED) is 0.820. The van der Waals surface area contributed by atoms with E-state index in [-0.39, 0.29) is 0 Å². The number of nitrogens with zero attached hydrogens (tertiary/aromatic N) is 2. The Morgan fingerprint density at radius 1 is 1.16 bits per heavy atom. The summed E-state index contributed by atoms with van der Waals surface area (Å²) in [5.41, 5.74) is 0. The smallest absolute Gasteiger partial charge is 0.0826 e. The van der Waals surface area contributed by atoms with Crippen molar-refractivity contribution in [2.24, 2.45) is 0 Å². The van der Waals surface area contributed by atoms with Gasteiger partial charge in [-0.15, -0.1) is 0 Å². The van der Waals surface area contributed by atoms with Crippen LogP contribution in [0.15, 0.2) is 0 Å². The summed E-state index contributed by atoms with van der Waals surface area (Å²) >= 11 is 0. The second-order valence-electron chi connectivity index (χ2n) is 6.29. The molecule has 3 rings (SSSR count). The first-order valence-electron chi connectivity index (χ1n) is 8.18. The number of rotatable bonds is 4. The zero-order valence-corrected chi connectivity index (χ0v) is 12.3. The molecule has 0 aliphatic carbocycles. The molecule has 4 nitrogen and oxygen atoms in total. The van der Waals surface area contributed by atoms with E-state index in [2.05, 4.69) is 22.0 Å². The molecular weight excluding hydrogens is 238 g/mol. The van der Waals surface area contributed by atoms with E-state index < -0.39 is 0 Å². The van der Waals surface area contributed by atoms with E-state index in [1.165, 1.54) is 38.8 Å². The van der Waals surface area contributed by atoms with Gasteiger partial charge in [-0.05, 0) is 32.4 Å². The minimum atomic E-state index is 0.395. The molecular formula is C15H29N3O. The fourth-order valence-corrected chi connectivity index (χ4v) is 3.96. The predicted octanol–water partition coefficient (Wildman–Crippen LogP) is 0.924. The van der Waals surface area contributed by atoms with Crippen LogP contribution in [0, 0.1) is 0 Å². The van der Waals surface area contributed by atoms with Gasteiger partial charge in [0.2, 0.25) is 0 Å². The monoisotopic (exact) mass is 267 g/mol. The van der Waals surface area contributed by atoms with Crippen LogP contribution in [0.1, 0.15) is 32.6 Å². The van der Waals surface area contributed by atoms with Crippen LogP contribution in [-0.4, -0.2) is 73.9 Å². The molecule has 3 atom stereocenters. The summed E-state index contributed by atoms with van der Waals surface area (Å²) in [6.45, 7) is 10.2. The van der Waals surface area contributed by atoms with Crippen LogP contribution in [0.3, 0.4) is 0 Å². The Labute approximate surface area is 117 Å². The van der Waals surface area contributed by atoms with Gasteiger partial charge in [0.05, 0.1) is 12.7 Å². The molecule has 1 N–H and O–H groups in total.